The maximum atomic E-state index is 11.3. The summed E-state index contributed by atoms with van der Waals surface area (Å²) in [5.41, 5.74) is 2.14. The van der Waals surface area contributed by atoms with Crippen LogP contribution in [0.25, 0.3) is 0 Å². The molecule has 0 fully saturated rings. The molecule has 1 amide bonds. The topological polar surface area (TPSA) is 68.0 Å². The van der Waals surface area contributed by atoms with Gasteiger partial charge in [-0.15, -0.1) is 11.8 Å². The number of nitrogens with zero attached hydrogens (tertiary/aromatic N) is 1. The Hall–Kier alpha value is -0.780. The van der Waals surface area contributed by atoms with Gasteiger partial charge in [-0.3, -0.25) is 10.2 Å². The number of halogens is 1. The molecule has 1 heterocycles. The van der Waals surface area contributed by atoms with E-state index in [1.54, 1.807) is 18.3 Å². The minimum absolute atomic E-state index is 0.0518. The van der Waals surface area contributed by atoms with Gasteiger partial charge in [-0.05, 0) is 12.1 Å². The van der Waals surface area contributed by atoms with Gasteiger partial charge in [0.2, 0.25) is 5.91 Å². The number of hydrazine groups is 1. The number of hydrogen-bond acceptors (Lipinski definition) is 4. The molecule has 0 aliphatic heterocycles. The minimum Gasteiger partial charge on any atom is -0.294 e. The van der Waals surface area contributed by atoms with Crippen molar-refractivity contribution in [3.8, 4) is 0 Å². The van der Waals surface area contributed by atoms with Gasteiger partial charge >= 0.3 is 0 Å². The summed E-state index contributed by atoms with van der Waals surface area (Å²) in [7, 11) is 0. The Bertz CT molecular complexity index is 375. The third kappa shape index (κ3) is 3.37. The normalized spacial score (nSPS) is 14.2. The average molecular weight is 260 g/mol. The molecular weight excluding hydrogens is 246 g/mol. The summed E-state index contributed by atoms with van der Waals surface area (Å²) in [5, 5.41) is 1.38. The molecule has 2 unspecified atom stereocenters. The fourth-order valence-electron chi connectivity index (χ4n) is 1.08. The number of rotatable bonds is 4. The van der Waals surface area contributed by atoms with Crippen molar-refractivity contribution in [3.05, 3.63) is 23.4 Å². The predicted octanol–water partition coefficient (Wildman–Crippen LogP) is 1.84. The summed E-state index contributed by atoms with van der Waals surface area (Å²) < 4.78 is 0. The largest absolute Gasteiger partial charge is 0.294 e. The summed E-state index contributed by atoms with van der Waals surface area (Å²) in [6.45, 7) is 3.76. The lowest BCUT2D eigenvalue weighted by molar-refractivity contribution is -0.124. The number of pyridine rings is 1. The highest BCUT2D eigenvalue weighted by Gasteiger charge is 2.21. The third-order valence-electron chi connectivity index (χ3n) is 2.28. The smallest absolute Gasteiger partial charge is 0.237 e. The van der Waals surface area contributed by atoms with Crippen molar-refractivity contribution >= 4 is 29.3 Å². The molecule has 1 rings (SSSR count). The molecule has 0 aromatic carbocycles. The van der Waals surface area contributed by atoms with Crippen molar-refractivity contribution in [1.82, 2.24) is 10.4 Å². The number of hydrogen-bond donors (Lipinski definition) is 2. The molecule has 0 bridgehead atoms. The van der Waals surface area contributed by atoms with E-state index in [9.17, 15) is 4.79 Å². The summed E-state index contributed by atoms with van der Waals surface area (Å²) in [6.07, 6.45) is 1.68. The van der Waals surface area contributed by atoms with Crippen molar-refractivity contribution in [1.29, 1.82) is 0 Å². The zero-order valence-electron chi connectivity index (χ0n) is 9.11. The number of amides is 1. The number of nitrogens with one attached hydrogen (secondary N) is 1. The standard InChI is InChI=1S/C10H14ClN3OS/c1-6(9(15)14-12)7(2)16-10-8(11)4-3-5-13-10/h3-7H,12H2,1-2H3,(H,14,15). The van der Waals surface area contributed by atoms with Crippen molar-refractivity contribution in [2.45, 2.75) is 24.1 Å². The Balaban J connectivity index is 2.68. The Kier molecular flexibility index (Phi) is 5.05. The first kappa shape index (κ1) is 13.3. The molecule has 0 spiro atoms. The summed E-state index contributed by atoms with van der Waals surface area (Å²) in [5.74, 6) is 4.69. The molecule has 1 aromatic rings. The second-order valence-electron chi connectivity index (χ2n) is 3.41. The third-order valence-corrected chi connectivity index (χ3v) is 4.03. The number of carbonyl (C=O) groups is 1. The molecular formula is C10H14ClN3OS. The van der Waals surface area contributed by atoms with Crippen LogP contribution >= 0.6 is 23.4 Å². The monoisotopic (exact) mass is 259 g/mol. The number of carbonyl (C=O) groups excluding carboxylic acids is 1. The van der Waals surface area contributed by atoms with E-state index >= 15 is 0 Å². The van der Waals surface area contributed by atoms with E-state index in [4.69, 9.17) is 17.4 Å². The van der Waals surface area contributed by atoms with E-state index in [2.05, 4.69) is 10.4 Å². The van der Waals surface area contributed by atoms with Crippen LogP contribution in [0.2, 0.25) is 5.02 Å². The van der Waals surface area contributed by atoms with Crippen LogP contribution in [0.1, 0.15) is 13.8 Å². The lowest BCUT2D eigenvalue weighted by Gasteiger charge is -2.17. The number of aromatic nitrogens is 1. The van der Waals surface area contributed by atoms with Crippen LogP contribution in [-0.2, 0) is 4.79 Å². The Morgan fingerprint density at radius 1 is 1.62 bits per heavy atom. The van der Waals surface area contributed by atoms with Gasteiger partial charge in [-0.25, -0.2) is 10.8 Å². The highest BCUT2D eigenvalue weighted by Crippen LogP contribution is 2.31. The molecule has 0 radical (unpaired) electrons. The van der Waals surface area contributed by atoms with Crippen molar-refractivity contribution in [2.24, 2.45) is 11.8 Å². The SMILES string of the molecule is CC(Sc1ncccc1Cl)C(C)C(=O)NN. The van der Waals surface area contributed by atoms with E-state index < -0.39 is 0 Å². The molecule has 88 valence electrons. The van der Waals surface area contributed by atoms with Gasteiger partial charge in [0.05, 0.1) is 5.02 Å². The summed E-state index contributed by atoms with van der Waals surface area (Å²) in [4.78, 5) is 15.5. The van der Waals surface area contributed by atoms with Crippen molar-refractivity contribution < 1.29 is 4.79 Å². The number of thioether (sulfide) groups is 1. The molecule has 1 aromatic heterocycles. The summed E-state index contributed by atoms with van der Waals surface area (Å²) >= 11 is 7.44. The van der Waals surface area contributed by atoms with Crippen LogP contribution < -0.4 is 11.3 Å². The molecule has 16 heavy (non-hydrogen) atoms. The molecule has 4 nitrogen and oxygen atoms in total. The lowest BCUT2D eigenvalue weighted by Crippen LogP contribution is -2.38. The Morgan fingerprint density at radius 2 is 2.31 bits per heavy atom. The quantitative estimate of drug-likeness (QED) is 0.375. The highest BCUT2D eigenvalue weighted by atomic mass is 35.5. The van der Waals surface area contributed by atoms with Gasteiger partial charge < -0.3 is 0 Å². The predicted molar refractivity (Wildman–Crippen MR) is 66.1 cm³/mol. The maximum Gasteiger partial charge on any atom is 0.237 e. The van der Waals surface area contributed by atoms with Crippen LogP contribution in [-0.4, -0.2) is 16.1 Å². The van der Waals surface area contributed by atoms with Gasteiger partial charge in [0.15, 0.2) is 0 Å². The minimum atomic E-state index is -0.201. The van der Waals surface area contributed by atoms with Crippen LogP contribution in [0, 0.1) is 5.92 Å². The van der Waals surface area contributed by atoms with Crippen molar-refractivity contribution in [2.75, 3.05) is 0 Å². The fourth-order valence-corrected chi connectivity index (χ4v) is 2.32. The fraction of sp³-hybridized carbons (Fsp3) is 0.400. The van der Waals surface area contributed by atoms with Gasteiger partial charge in [0.25, 0.3) is 0 Å². The van der Waals surface area contributed by atoms with E-state index in [1.807, 2.05) is 13.8 Å². The van der Waals surface area contributed by atoms with E-state index in [0.29, 0.717) is 5.02 Å². The van der Waals surface area contributed by atoms with Crippen LogP contribution in [0.15, 0.2) is 23.4 Å². The highest BCUT2D eigenvalue weighted by molar-refractivity contribution is 8.00. The van der Waals surface area contributed by atoms with E-state index in [-0.39, 0.29) is 17.1 Å². The zero-order chi connectivity index (χ0) is 12.1. The van der Waals surface area contributed by atoms with Gasteiger partial charge in [0, 0.05) is 17.4 Å². The first-order valence-corrected chi connectivity index (χ1v) is 6.09. The number of nitrogens with two attached hydrogens (primary N) is 1. The molecule has 0 saturated carbocycles. The first-order valence-electron chi connectivity index (χ1n) is 4.84. The van der Waals surface area contributed by atoms with E-state index in [0.717, 1.165) is 5.03 Å². The molecule has 3 N–H and O–H groups in total. The maximum absolute atomic E-state index is 11.3. The molecule has 0 aliphatic carbocycles. The molecule has 6 heteroatoms. The van der Waals surface area contributed by atoms with Gasteiger partial charge in [-0.2, -0.15) is 0 Å². The molecule has 0 aliphatic rings. The molecule has 0 saturated heterocycles. The van der Waals surface area contributed by atoms with Gasteiger partial charge in [-0.1, -0.05) is 25.4 Å². The van der Waals surface area contributed by atoms with Crippen LogP contribution in [0.5, 0.6) is 0 Å². The molecule has 2 atom stereocenters. The Labute approximate surface area is 104 Å². The second kappa shape index (κ2) is 6.08. The first-order chi connectivity index (χ1) is 7.56. The summed E-state index contributed by atoms with van der Waals surface area (Å²) in [6, 6.07) is 3.55. The average Bonchev–Trinajstić information content (AvgIpc) is 2.30. The van der Waals surface area contributed by atoms with E-state index in [1.165, 1.54) is 11.8 Å². The lowest BCUT2D eigenvalue weighted by atomic mass is 10.1. The zero-order valence-corrected chi connectivity index (χ0v) is 10.7. The van der Waals surface area contributed by atoms with Crippen molar-refractivity contribution in [3.63, 3.8) is 0 Å². The second-order valence-corrected chi connectivity index (χ2v) is 5.18. The van der Waals surface area contributed by atoms with Crippen LogP contribution in [0.4, 0.5) is 0 Å². The van der Waals surface area contributed by atoms with Gasteiger partial charge in [0.1, 0.15) is 5.03 Å². The Morgan fingerprint density at radius 3 is 2.88 bits per heavy atom. The van der Waals surface area contributed by atoms with Crippen LogP contribution in [0.3, 0.4) is 0 Å².